The van der Waals surface area contributed by atoms with Gasteiger partial charge in [-0.15, -0.1) is 12.4 Å². The largest absolute Gasteiger partial charge is 0.595 e. The van der Waals surface area contributed by atoms with Crippen molar-refractivity contribution in [2.75, 3.05) is 26.0 Å². The van der Waals surface area contributed by atoms with E-state index in [1.165, 1.54) is 18.2 Å². The second-order valence-corrected chi connectivity index (χ2v) is 6.74. The number of quaternary nitrogens is 1. The number of hydrogen-bond donors (Lipinski definition) is 4. The molecule has 0 radical (unpaired) electrons. The van der Waals surface area contributed by atoms with E-state index in [1.807, 2.05) is 19.0 Å². The number of rotatable bonds is 4. The first-order chi connectivity index (χ1) is 12.9. The summed E-state index contributed by atoms with van der Waals surface area (Å²) in [7, 11) is 3.82. The van der Waals surface area contributed by atoms with E-state index in [1.54, 1.807) is 16.7 Å². The molecule has 28 heavy (non-hydrogen) atoms. The number of aromatic hydroxyl groups is 1. The van der Waals surface area contributed by atoms with Crippen LogP contribution in [0.5, 0.6) is 5.75 Å². The molecule has 3 aromatic rings. The maximum Gasteiger partial charge on any atom is 0.348 e. The van der Waals surface area contributed by atoms with E-state index >= 15 is 0 Å². The first-order valence-electron chi connectivity index (χ1n) is 8.43. The van der Waals surface area contributed by atoms with Crippen molar-refractivity contribution in [1.82, 2.24) is 14.5 Å². The highest BCUT2D eigenvalue weighted by Crippen LogP contribution is 2.45. The van der Waals surface area contributed by atoms with E-state index < -0.39 is 10.9 Å². The highest BCUT2D eigenvalue weighted by molar-refractivity contribution is 6.11. The molecule has 2 heterocycles. The molecule has 0 saturated heterocycles. The zero-order chi connectivity index (χ0) is 19.3. The van der Waals surface area contributed by atoms with Crippen molar-refractivity contribution >= 4 is 40.4 Å². The Balaban J connectivity index is 0.00000225. The fourth-order valence-corrected chi connectivity index (χ4v) is 3.36. The Morgan fingerprint density at radius 1 is 1.29 bits per heavy atom. The Bertz CT molecular complexity index is 1110. The van der Waals surface area contributed by atoms with Gasteiger partial charge in [-0.25, -0.2) is 10.0 Å². The number of phenols is 1. The lowest BCUT2D eigenvalue weighted by molar-refractivity contribution is -0.990. The van der Waals surface area contributed by atoms with Crippen LogP contribution in [0.15, 0.2) is 35.1 Å². The zero-order valence-corrected chi connectivity index (χ0v) is 16.1. The first kappa shape index (κ1) is 20.1. The average molecular weight is 406 g/mol. The summed E-state index contributed by atoms with van der Waals surface area (Å²) in [6, 6.07) is 7.78. The molecule has 1 unspecified atom stereocenters. The quantitative estimate of drug-likeness (QED) is 0.298. The fourth-order valence-electron chi connectivity index (χ4n) is 3.36. The average Bonchev–Trinajstić information content (AvgIpc) is 2.61. The number of anilines is 2. The lowest BCUT2D eigenvalue weighted by Gasteiger charge is -2.26. The number of aromatic nitrogens is 2. The van der Waals surface area contributed by atoms with Gasteiger partial charge in [-0.1, -0.05) is 0 Å². The number of phenolic OH excluding ortho intramolecular Hbond substituents is 1. The molecule has 0 amide bonds. The molecular formula is C18H20ClN5O4. The van der Waals surface area contributed by atoms with E-state index in [0.29, 0.717) is 46.6 Å². The van der Waals surface area contributed by atoms with Crippen LogP contribution in [0.3, 0.4) is 0 Å². The molecule has 1 aliphatic rings. The SMILES string of the molecule is CN(C)CCn1c(=O)nc2c3c(c([NH+]([O-])O)ccc31)Nc1ccc(O)cc1-2.Cl. The number of hydrogen-bond acceptors (Lipinski definition) is 7. The first-order valence-corrected chi connectivity index (χ1v) is 8.43. The number of fused-ring (bicyclic) bond motifs is 2. The van der Waals surface area contributed by atoms with Crippen molar-refractivity contribution in [3.63, 3.8) is 0 Å². The van der Waals surface area contributed by atoms with Crippen molar-refractivity contribution in [1.29, 1.82) is 0 Å². The van der Waals surface area contributed by atoms with Crippen molar-refractivity contribution in [2.24, 2.45) is 0 Å². The van der Waals surface area contributed by atoms with Gasteiger partial charge < -0.3 is 20.5 Å². The van der Waals surface area contributed by atoms with Gasteiger partial charge in [-0.2, -0.15) is 10.2 Å². The fraction of sp³-hybridized carbons (Fsp3) is 0.222. The summed E-state index contributed by atoms with van der Waals surface area (Å²) in [5.41, 5.74) is 2.22. The second kappa shape index (κ2) is 7.38. The van der Waals surface area contributed by atoms with E-state index in [4.69, 9.17) is 0 Å². The summed E-state index contributed by atoms with van der Waals surface area (Å²) < 4.78 is 1.55. The summed E-state index contributed by atoms with van der Waals surface area (Å²) in [5, 5.41) is 33.8. The summed E-state index contributed by atoms with van der Waals surface area (Å²) in [5.74, 6) is 0.0418. The molecule has 1 atom stereocenters. The van der Waals surface area contributed by atoms with E-state index in [9.17, 15) is 20.3 Å². The highest BCUT2D eigenvalue weighted by atomic mass is 35.5. The molecular weight excluding hydrogens is 386 g/mol. The number of likely N-dealkylation sites (N-methyl/N-ethyl adjacent to an activating group) is 1. The van der Waals surface area contributed by atoms with Gasteiger partial charge in [0, 0.05) is 30.4 Å². The molecule has 148 valence electrons. The van der Waals surface area contributed by atoms with Gasteiger partial charge in [0.05, 0.1) is 16.6 Å². The minimum Gasteiger partial charge on any atom is -0.595 e. The van der Waals surface area contributed by atoms with Crippen LogP contribution in [0.25, 0.3) is 22.2 Å². The lowest BCUT2D eigenvalue weighted by Crippen LogP contribution is -2.99. The summed E-state index contributed by atoms with van der Waals surface area (Å²) in [4.78, 5) is 18.9. The van der Waals surface area contributed by atoms with Crippen molar-refractivity contribution < 1.29 is 15.5 Å². The molecule has 2 aromatic carbocycles. The van der Waals surface area contributed by atoms with E-state index in [-0.39, 0.29) is 23.8 Å². The topological polar surface area (TPSA) is 118 Å². The molecule has 4 N–H and O–H groups in total. The number of nitrogens with one attached hydrogen (secondary N) is 2. The maximum absolute atomic E-state index is 12.7. The number of halogens is 1. The van der Waals surface area contributed by atoms with Gasteiger partial charge in [-0.05, 0) is 38.4 Å². The lowest BCUT2D eigenvalue weighted by atomic mass is 9.97. The van der Waals surface area contributed by atoms with Crippen molar-refractivity contribution in [3.05, 3.63) is 46.0 Å². The maximum atomic E-state index is 12.7. The van der Waals surface area contributed by atoms with Crippen LogP contribution in [-0.2, 0) is 6.54 Å². The third-order valence-electron chi connectivity index (χ3n) is 4.67. The Hall–Kier alpha value is -2.69. The number of benzene rings is 2. The Kier molecular flexibility index (Phi) is 5.28. The highest BCUT2D eigenvalue weighted by Gasteiger charge is 2.27. The van der Waals surface area contributed by atoms with Crippen molar-refractivity contribution in [2.45, 2.75) is 6.54 Å². The predicted octanol–water partition coefficient (Wildman–Crippen LogP) is 1.21. The van der Waals surface area contributed by atoms with Crippen LogP contribution in [-0.4, -0.2) is 45.4 Å². The molecule has 0 saturated carbocycles. The Labute approximate surface area is 166 Å². The van der Waals surface area contributed by atoms with Crippen molar-refractivity contribution in [3.8, 4) is 17.0 Å². The van der Waals surface area contributed by atoms with Gasteiger partial charge in [0.2, 0.25) is 0 Å². The molecule has 9 nitrogen and oxygen atoms in total. The molecule has 10 heteroatoms. The summed E-state index contributed by atoms with van der Waals surface area (Å²) >= 11 is 0. The van der Waals surface area contributed by atoms with Gasteiger partial charge in [0.15, 0.2) is 5.69 Å². The molecule has 0 aliphatic carbocycles. The Morgan fingerprint density at radius 3 is 2.71 bits per heavy atom. The standard InChI is InChI=1S/C18H19N5O4.ClH/c1-21(2)7-8-22-13-5-6-14(23(26)27)17-15(13)16(20-18(22)25)11-9-10(24)3-4-12(11)19-17;/h3-6,9,19,23-24,26H,7-8H2,1-2H3;1H. The molecule has 0 fully saturated rings. The monoisotopic (exact) mass is 405 g/mol. The zero-order valence-electron chi connectivity index (χ0n) is 15.3. The van der Waals surface area contributed by atoms with Gasteiger partial charge in [0.25, 0.3) is 0 Å². The summed E-state index contributed by atoms with van der Waals surface area (Å²) in [6.07, 6.45) is 0. The molecule has 0 bridgehead atoms. The molecule has 4 rings (SSSR count). The van der Waals surface area contributed by atoms with Crippen LogP contribution in [0, 0.1) is 5.21 Å². The minimum atomic E-state index is -1.07. The van der Waals surface area contributed by atoms with Crippen LogP contribution in [0.2, 0.25) is 0 Å². The van der Waals surface area contributed by atoms with Crippen LogP contribution in [0.1, 0.15) is 0 Å². The van der Waals surface area contributed by atoms with Gasteiger partial charge >= 0.3 is 5.69 Å². The van der Waals surface area contributed by atoms with E-state index in [0.717, 1.165) is 0 Å². The van der Waals surface area contributed by atoms with Gasteiger partial charge in [0.1, 0.15) is 11.4 Å². The molecule has 0 spiro atoms. The third-order valence-corrected chi connectivity index (χ3v) is 4.67. The second-order valence-electron chi connectivity index (χ2n) is 6.74. The minimum absolute atomic E-state index is 0. The third kappa shape index (κ3) is 3.19. The Morgan fingerprint density at radius 2 is 2.04 bits per heavy atom. The smallest absolute Gasteiger partial charge is 0.348 e. The summed E-state index contributed by atoms with van der Waals surface area (Å²) in [6.45, 7) is 1.06. The van der Waals surface area contributed by atoms with Gasteiger partial charge in [-0.3, -0.25) is 4.57 Å². The number of nitrogens with zero attached hydrogens (tertiary/aromatic N) is 3. The predicted molar refractivity (Wildman–Crippen MR) is 108 cm³/mol. The van der Waals surface area contributed by atoms with Crippen LogP contribution < -0.4 is 16.2 Å². The van der Waals surface area contributed by atoms with Crippen LogP contribution >= 0.6 is 12.4 Å². The van der Waals surface area contributed by atoms with Crippen LogP contribution in [0.4, 0.5) is 17.1 Å². The van der Waals surface area contributed by atoms with E-state index in [2.05, 4.69) is 10.3 Å². The molecule has 1 aliphatic heterocycles. The molecule has 1 aromatic heterocycles. The normalized spacial score (nSPS) is 13.0.